The van der Waals surface area contributed by atoms with Crippen LogP contribution in [-0.4, -0.2) is 42.5 Å². The van der Waals surface area contributed by atoms with Gasteiger partial charge in [-0.2, -0.15) is 0 Å². The Hall–Kier alpha value is -0.360. The van der Waals surface area contributed by atoms with E-state index in [1.54, 1.807) is 0 Å². The number of rotatable bonds is 3. The molecule has 1 aliphatic heterocycles. The number of carbonyl (C=O) groups is 1. The maximum atomic E-state index is 12.5. The van der Waals surface area contributed by atoms with Gasteiger partial charge in [0.25, 0.3) is 5.91 Å². The number of nitrogens with one attached hydrogen (secondary N) is 1. The summed E-state index contributed by atoms with van der Waals surface area (Å²) in [6.45, 7) is 6.62. The summed E-state index contributed by atoms with van der Waals surface area (Å²) in [5.41, 5.74) is 0.873. The summed E-state index contributed by atoms with van der Waals surface area (Å²) in [6.07, 6.45) is 2.32. The lowest BCUT2D eigenvalue weighted by molar-refractivity contribution is 0.0678. The van der Waals surface area contributed by atoms with Crippen molar-refractivity contribution in [2.75, 3.05) is 26.7 Å². The lowest BCUT2D eigenvalue weighted by atomic mass is 9.98. The van der Waals surface area contributed by atoms with Gasteiger partial charge in [-0.3, -0.25) is 4.79 Å². The molecule has 0 saturated carbocycles. The Labute approximate surface area is 137 Å². The zero-order valence-corrected chi connectivity index (χ0v) is 14.6. The van der Waals surface area contributed by atoms with E-state index in [4.69, 9.17) is 0 Å². The largest absolute Gasteiger partial charge is 0.338 e. The quantitative estimate of drug-likeness (QED) is 0.920. The first kappa shape index (κ1) is 19.6. The van der Waals surface area contributed by atoms with Crippen LogP contribution >= 0.6 is 36.2 Å². The van der Waals surface area contributed by atoms with Crippen LogP contribution in [0.1, 0.15) is 33.2 Å². The van der Waals surface area contributed by atoms with Gasteiger partial charge in [-0.15, -0.1) is 36.2 Å². The van der Waals surface area contributed by atoms with Crippen LogP contribution in [0.25, 0.3) is 0 Å². The summed E-state index contributed by atoms with van der Waals surface area (Å²) in [7, 11) is 1.97. The number of hydrogen-bond acceptors (Lipinski definition) is 4. The van der Waals surface area contributed by atoms with E-state index in [2.05, 4.69) is 10.3 Å². The SMILES string of the molecule is CNCC1CCCN(C(=O)c2sc(C)nc2C)C1.Cl.Cl. The molecule has 0 aromatic carbocycles. The number of hydrogen-bond donors (Lipinski definition) is 1. The molecule has 1 aromatic heterocycles. The van der Waals surface area contributed by atoms with E-state index < -0.39 is 0 Å². The molecule has 1 aliphatic rings. The third-order valence-corrected chi connectivity index (χ3v) is 4.46. The number of likely N-dealkylation sites (tertiary alicyclic amines) is 1. The summed E-state index contributed by atoms with van der Waals surface area (Å²) in [4.78, 5) is 19.6. The Morgan fingerprint density at radius 2 is 2.15 bits per heavy atom. The predicted octanol–water partition coefficient (Wildman–Crippen LogP) is 2.68. The molecule has 20 heavy (non-hydrogen) atoms. The number of aromatic nitrogens is 1. The Morgan fingerprint density at radius 1 is 1.45 bits per heavy atom. The fraction of sp³-hybridized carbons (Fsp3) is 0.692. The molecule has 7 heteroatoms. The standard InChI is InChI=1S/C13H21N3OS.2ClH/c1-9-12(18-10(2)15-9)13(17)16-6-4-5-11(8-16)7-14-3;;/h11,14H,4-8H2,1-3H3;2*1H. The molecule has 1 N–H and O–H groups in total. The lowest BCUT2D eigenvalue weighted by Gasteiger charge is -2.32. The van der Waals surface area contributed by atoms with Gasteiger partial charge in [0.2, 0.25) is 0 Å². The van der Waals surface area contributed by atoms with E-state index >= 15 is 0 Å². The first-order chi connectivity index (χ1) is 8.61. The second-order valence-corrected chi connectivity index (χ2v) is 6.17. The fourth-order valence-electron chi connectivity index (χ4n) is 2.58. The molecule has 0 radical (unpaired) electrons. The van der Waals surface area contributed by atoms with Gasteiger partial charge in [-0.05, 0) is 46.2 Å². The third-order valence-electron chi connectivity index (χ3n) is 3.40. The van der Waals surface area contributed by atoms with Gasteiger partial charge in [0.15, 0.2) is 0 Å². The summed E-state index contributed by atoms with van der Waals surface area (Å²) < 4.78 is 0. The highest BCUT2D eigenvalue weighted by atomic mass is 35.5. The highest BCUT2D eigenvalue weighted by Gasteiger charge is 2.26. The average Bonchev–Trinajstić information content (AvgIpc) is 2.68. The molecule has 1 amide bonds. The minimum absolute atomic E-state index is 0. The van der Waals surface area contributed by atoms with Crippen molar-refractivity contribution in [2.24, 2.45) is 5.92 Å². The van der Waals surface area contributed by atoms with Gasteiger partial charge in [-0.1, -0.05) is 0 Å². The number of halogens is 2. The summed E-state index contributed by atoms with van der Waals surface area (Å²) in [5.74, 6) is 0.751. The Bertz CT molecular complexity index is 437. The van der Waals surface area contributed by atoms with Gasteiger partial charge < -0.3 is 10.2 Å². The zero-order valence-electron chi connectivity index (χ0n) is 12.1. The second-order valence-electron chi connectivity index (χ2n) is 4.96. The molecule has 0 aliphatic carbocycles. The number of piperidine rings is 1. The van der Waals surface area contributed by atoms with Gasteiger partial charge in [0, 0.05) is 13.1 Å². The number of carbonyl (C=O) groups excluding carboxylic acids is 1. The van der Waals surface area contributed by atoms with E-state index in [0.717, 1.165) is 41.6 Å². The van der Waals surface area contributed by atoms with Crippen molar-refractivity contribution in [1.29, 1.82) is 0 Å². The molecule has 1 atom stereocenters. The van der Waals surface area contributed by atoms with Crippen molar-refractivity contribution in [3.8, 4) is 0 Å². The predicted molar refractivity (Wildman–Crippen MR) is 88.6 cm³/mol. The Balaban J connectivity index is 0.00000180. The van der Waals surface area contributed by atoms with Crippen LogP contribution in [0, 0.1) is 19.8 Å². The van der Waals surface area contributed by atoms with Crippen molar-refractivity contribution in [2.45, 2.75) is 26.7 Å². The Kier molecular flexibility index (Phi) is 8.66. The van der Waals surface area contributed by atoms with Gasteiger partial charge in [0.05, 0.1) is 10.7 Å². The van der Waals surface area contributed by atoms with Crippen LogP contribution in [0.5, 0.6) is 0 Å². The molecule has 4 nitrogen and oxygen atoms in total. The highest BCUT2D eigenvalue weighted by molar-refractivity contribution is 7.13. The second kappa shape index (κ2) is 8.82. The van der Waals surface area contributed by atoms with Gasteiger partial charge in [0.1, 0.15) is 4.88 Å². The van der Waals surface area contributed by atoms with E-state index in [-0.39, 0.29) is 30.7 Å². The minimum Gasteiger partial charge on any atom is -0.338 e. The van der Waals surface area contributed by atoms with Crippen LogP contribution in [0.4, 0.5) is 0 Å². The fourth-order valence-corrected chi connectivity index (χ4v) is 3.47. The maximum Gasteiger partial charge on any atom is 0.265 e. The van der Waals surface area contributed by atoms with Crippen molar-refractivity contribution in [1.82, 2.24) is 15.2 Å². The van der Waals surface area contributed by atoms with Crippen molar-refractivity contribution >= 4 is 42.1 Å². The normalized spacial score (nSPS) is 18.1. The van der Waals surface area contributed by atoms with Crippen LogP contribution in [0.15, 0.2) is 0 Å². The van der Waals surface area contributed by atoms with Crippen molar-refractivity contribution in [3.63, 3.8) is 0 Å². The summed E-state index contributed by atoms with van der Waals surface area (Å²) in [5, 5.41) is 4.18. The van der Waals surface area contributed by atoms with Gasteiger partial charge >= 0.3 is 0 Å². The first-order valence-electron chi connectivity index (χ1n) is 6.49. The van der Waals surface area contributed by atoms with Crippen molar-refractivity contribution in [3.05, 3.63) is 15.6 Å². The first-order valence-corrected chi connectivity index (χ1v) is 7.31. The van der Waals surface area contributed by atoms with E-state index in [1.165, 1.54) is 17.8 Å². The molecular weight excluding hydrogens is 317 g/mol. The number of thiazole rings is 1. The van der Waals surface area contributed by atoms with Gasteiger partial charge in [-0.25, -0.2) is 4.98 Å². The lowest BCUT2D eigenvalue weighted by Crippen LogP contribution is -2.42. The topological polar surface area (TPSA) is 45.2 Å². The van der Waals surface area contributed by atoms with Crippen LogP contribution in [-0.2, 0) is 0 Å². The Morgan fingerprint density at radius 3 is 2.70 bits per heavy atom. The molecule has 2 rings (SSSR count). The zero-order chi connectivity index (χ0) is 13.1. The number of aryl methyl sites for hydroxylation is 2. The summed E-state index contributed by atoms with van der Waals surface area (Å²) in [6, 6.07) is 0. The molecule has 1 aromatic rings. The van der Waals surface area contributed by atoms with E-state index in [9.17, 15) is 4.79 Å². The molecular formula is C13H23Cl2N3OS. The molecule has 1 saturated heterocycles. The van der Waals surface area contributed by atoms with Crippen LogP contribution in [0.3, 0.4) is 0 Å². The number of amides is 1. The molecule has 0 spiro atoms. The average molecular weight is 340 g/mol. The monoisotopic (exact) mass is 339 g/mol. The highest BCUT2D eigenvalue weighted by Crippen LogP contribution is 2.23. The van der Waals surface area contributed by atoms with E-state index in [1.807, 2.05) is 25.8 Å². The van der Waals surface area contributed by atoms with E-state index in [0.29, 0.717) is 5.92 Å². The molecule has 1 fully saturated rings. The van der Waals surface area contributed by atoms with Crippen molar-refractivity contribution < 1.29 is 4.79 Å². The molecule has 2 heterocycles. The minimum atomic E-state index is 0. The smallest absolute Gasteiger partial charge is 0.265 e. The molecule has 1 unspecified atom stereocenters. The molecule has 0 bridgehead atoms. The van der Waals surface area contributed by atoms with Crippen LogP contribution < -0.4 is 5.32 Å². The van der Waals surface area contributed by atoms with Crippen LogP contribution in [0.2, 0.25) is 0 Å². The molecule has 116 valence electrons. The third kappa shape index (κ3) is 4.58. The number of nitrogens with zero attached hydrogens (tertiary/aromatic N) is 2. The maximum absolute atomic E-state index is 12.5. The summed E-state index contributed by atoms with van der Waals surface area (Å²) >= 11 is 1.51.